The van der Waals surface area contributed by atoms with E-state index in [0.29, 0.717) is 32.1 Å². The van der Waals surface area contributed by atoms with Crippen molar-refractivity contribution in [1.82, 2.24) is 10.6 Å². The summed E-state index contributed by atoms with van der Waals surface area (Å²) in [4.78, 5) is 38.3. The minimum absolute atomic E-state index is 0.0248. The summed E-state index contributed by atoms with van der Waals surface area (Å²) in [6, 6.07) is 22.4. The van der Waals surface area contributed by atoms with E-state index in [2.05, 4.69) is 52.4 Å². The number of fused-ring (bicyclic) bond motifs is 2. The van der Waals surface area contributed by atoms with Crippen molar-refractivity contribution in [1.29, 1.82) is 0 Å². The first-order valence-electron chi connectivity index (χ1n) is 13.8. The standard InChI is InChI=1S/C33H39N3O3S/c1-22(13-16-30(38)32(2,3)34)28(18-26-20-40-29-12-8-7-11-27(26)29)31(39)36-33(4,35-21-37)19-23-14-15-24-9-5-6-10-25(24)17-23/h5-12,14-15,17,20-22,28H,13,16,18-19,34H2,1-4H3,(H,35,37)(H,36,39)/t22?,28-,33+/m0/s1. The number of carbonyl (C=O) groups is 3. The van der Waals surface area contributed by atoms with Gasteiger partial charge in [0, 0.05) is 23.5 Å². The molecule has 0 saturated heterocycles. The van der Waals surface area contributed by atoms with Crippen molar-refractivity contribution in [3.63, 3.8) is 0 Å². The largest absolute Gasteiger partial charge is 0.336 e. The van der Waals surface area contributed by atoms with Gasteiger partial charge < -0.3 is 16.4 Å². The van der Waals surface area contributed by atoms with Gasteiger partial charge in [-0.1, -0.05) is 67.6 Å². The molecule has 4 N–H and O–H groups in total. The van der Waals surface area contributed by atoms with E-state index in [1.165, 1.54) is 4.70 Å². The van der Waals surface area contributed by atoms with E-state index in [0.717, 1.165) is 27.3 Å². The van der Waals surface area contributed by atoms with Gasteiger partial charge in [0.25, 0.3) is 0 Å². The summed E-state index contributed by atoms with van der Waals surface area (Å²) in [5, 5.41) is 11.5. The van der Waals surface area contributed by atoms with Gasteiger partial charge in [-0.05, 0) is 78.3 Å². The second-order valence-electron chi connectivity index (χ2n) is 11.7. The molecule has 1 unspecified atom stereocenters. The van der Waals surface area contributed by atoms with E-state index in [-0.39, 0.29) is 17.6 Å². The summed E-state index contributed by atoms with van der Waals surface area (Å²) in [7, 11) is 0. The summed E-state index contributed by atoms with van der Waals surface area (Å²) < 4.78 is 1.17. The van der Waals surface area contributed by atoms with Crippen LogP contribution in [0.25, 0.3) is 20.9 Å². The maximum atomic E-state index is 14.0. The Balaban J connectivity index is 1.58. The minimum atomic E-state index is -0.995. The van der Waals surface area contributed by atoms with Crippen LogP contribution < -0.4 is 16.4 Å². The highest BCUT2D eigenvalue weighted by molar-refractivity contribution is 7.17. The van der Waals surface area contributed by atoms with Crippen LogP contribution in [0.2, 0.25) is 0 Å². The minimum Gasteiger partial charge on any atom is -0.336 e. The molecule has 2 amide bonds. The van der Waals surface area contributed by atoms with Gasteiger partial charge in [-0.2, -0.15) is 0 Å². The molecule has 0 saturated carbocycles. The highest BCUT2D eigenvalue weighted by Gasteiger charge is 2.34. The highest BCUT2D eigenvalue weighted by Crippen LogP contribution is 2.31. The fourth-order valence-corrected chi connectivity index (χ4v) is 6.22. The van der Waals surface area contributed by atoms with E-state index in [1.54, 1.807) is 25.2 Å². The molecule has 210 valence electrons. The van der Waals surface area contributed by atoms with Gasteiger partial charge >= 0.3 is 0 Å². The van der Waals surface area contributed by atoms with Crippen LogP contribution in [0, 0.1) is 11.8 Å². The number of rotatable bonds is 13. The Morgan fingerprint density at radius 3 is 2.42 bits per heavy atom. The summed E-state index contributed by atoms with van der Waals surface area (Å²) in [6.45, 7) is 7.27. The number of thiophene rings is 1. The summed E-state index contributed by atoms with van der Waals surface area (Å²) in [5.74, 6) is -0.676. The van der Waals surface area contributed by atoms with E-state index >= 15 is 0 Å². The van der Waals surface area contributed by atoms with Crippen LogP contribution >= 0.6 is 11.3 Å². The third-order valence-corrected chi connectivity index (χ3v) is 8.73. The second-order valence-corrected chi connectivity index (χ2v) is 12.6. The lowest BCUT2D eigenvalue weighted by molar-refractivity contribution is -0.130. The zero-order chi connectivity index (χ0) is 28.9. The van der Waals surface area contributed by atoms with Crippen molar-refractivity contribution in [2.24, 2.45) is 17.6 Å². The van der Waals surface area contributed by atoms with Gasteiger partial charge in [0.05, 0.1) is 5.54 Å². The van der Waals surface area contributed by atoms with Crippen LogP contribution in [0.15, 0.2) is 72.1 Å². The molecule has 0 spiro atoms. The van der Waals surface area contributed by atoms with Gasteiger partial charge in [0.2, 0.25) is 12.3 Å². The van der Waals surface area contributed by atoms with Gasteiger partial charge in [0.1, 0.15) is 5.66 Å². The number of ketones is 1. The van der Waals surface area contributed by atoms with Crippen molar-refractivity contribution >= 4 is 50.3 Å². The monoisotopic (exact) mass is 557 g/mol. The number of hydrogen-bond acceptors (Lipinski definition) is 5. The molecule has 0 aliphatic heterocycles. The van der Waals surface area contributed by atoms with Crippen LogP contribution in [-0.4, -0.2) is 29.3 Å². The van der Waals surface area contributed by atoms with Gasteiger partial charge in [-0.3, -0.25) is 14.4 Å². The molecule has 6 nitrogen and oxygen atoms in total. The van der Waals surface area contributed by atoms with Crippen molar-refractivity contribution in [3.05, 3.63) is 83.2 Å². The Morgan fingerprint density at radius 1 is 1.00 bits per heavy atom. The Labute approximate surface area is 240 Å². The smallest absolute Gasteiger partial charge is 0.225 e. The molecule has 1 aromatic heterocycles. The fraction of sp³-hybridized carbons (Fsp3) is 0.364. The second kappa shape index (κ2) is 12.3. The zero-order valence-electron chi connectivity index (χ0n) is 23.7. The molecule has 7 heteroatoms. The molecule has 0 aliphatic carbocycles. The molecule has 3 atom stereocenters. The summed E-state index contributed by atoms with van der Waals surface area (Å²) in [6.07, 6.45) is 2.44. The fourth-order valence-electron chi connectivity index (χ4n) is 5.25. The average Bonchev–Trinajstić information content (AvgIpc) is 3.32. The zero-order valence-corrected chi connectivity index (χ0v) is 24.5. The third kappa shape index (κ3) is 7.14. The molecule has 0 radical (unpaired) electrons. The SMILES string of the molecule is CC(CCC(=O)C(C)(C)N)[C@H](Cc1csc2ccccc12)C(=O)N[C@](C)(Cc1ccc2ccccc2c1)NC=O. The normalized spacial score (nSPS) is 14.8. The maximum Gasteiger partial charge on any atom is 0.225 e. The van der Waals surface area contributed by atoms with Crippen LogP contribution in [-0.2, 0) is 27.2 Å². The van der Waals surface area contributed by atoms with Crippen molar-refractivity contribution < 1.29 is 14.4 Å². The molecule has 40 heavy (non-hydrogen) atoms. The van der Waals surface area contributed by atoms with Crippen LogP contribution in [0.1, 0.15) is 51.7 Å². The molecule has 0 aliphatic rings. The Hall–Kier alpha value is -3.55. The van der Waals surface area contributed by atoms with E-state index in [4.69, 9.17) is 5.73 Å². The molecule has 4 rings (SSSR count). The van der Waals surface area contributed by atoms with E-state index in [9.17, 15) is 14.4 Å². The maximum absolute atomic E-state index is 14.0. The van der Waals surface area contributed by atoms with Crippen molar-refractivity contribution in [3.8, 4) is 0 Å². The Bertz CT molecular complexity index is 1510. The molecular weight excluding hydrogens is 518 g/mol. The first-order chi connectivity index (χ1) is 19.0. The van der Waals surface area contributed by atoms with E-state index < -0.39 is 17.1 Å². The Kier molecular flexibility index (Phi) is 9.06. The van der Waals surface area contributed by atoms with Crippen LogP contribution in [0.4, 0.5) is 0 Å². The quantitative estimate of drug-likeness (QED) is 0.144. The number of benzene rings is 3. The number of amides is 2. The molecular formula is C33H39N3O3S. The number of nitrogens with two attached hydrogens (primary N) is 1. The number of nitrogens with one attached hydrogen (secondary N) is 2. The predicted molar refractivity (Wildman–Crippen MR) is 164 cm³/mol. The average molecular weight is 558 g/mol. The first-order valence-corrected chi connectivity index (χ1v) is 14.7. The lowest BCUT2D eigenvalue weighted by Gasteiger charge is -2.34. The third-order valence-electron chi connectivity index (χ3n) is 7.72. The predicted octanol–water partition coefficient (Wildman–Crippen LogP) is 5.76. The molecule has 4 aromatic rings. The van der Waals surface area contributed by atoms with Crippen molar-refractivity contribution in [2.75, 3.05) is 0 Å². The molecule has 1 heterocycles. The van der Waals surface area contributed by atoms with Crippen LogP contribution in [0.3, 0.4) is 0 Å². The van der Waals surface area contributed by atoms with Gasteiger partial charge in [-0.15, -0.1) is 11.3 Å². The number of Topliss-reactive ketones (excluding diaryl/α,β-unsaturated/α-hetero) is 1. The van der Waals surface area contributed by atoms with Crippen molar-refractivity contribution in [2.45, 2.75) is 64.6 Å². The lowest BCUT2D eigenvalue weighted by atomic mass is 9.82. The molecule has 3 aromatic carbocycles. The number of hydrogen-bond donors (Lipinski definition) is 3. The van der Waals surface area contributed by atoms with Crippen LogP contribution in [0.5, 0.6) is 0 Å². The first kappa shape index (κ1) is 29.4. The summed E-state index contributed by atoms with van der Waals surface area (Å²) in [5.41, 5.74) is 6.23. The van der Waals surface area contributed by atoms with Gasteiger partial charge in [-0.25, -0.2) is 0 Å². The lowest BCUT2D eigenvalue weighted by Crippen LogP contribution is -2.59. The Morgan fingerprint density at radius 2 is 1.70 bits per heavy atom. The number of carbonyl (C=O) groups excluding carboxylic acids is 3. The molecule has 0 bridgehead atoms. The topological polar surface area (TPSA) is 101 Å². The van der Waals surface area contributed by atoms with E-state index in [1.807, 2.05) is 44.2 Å². The molecule has 0 fully saturated rings. The highest BCUT2D eigenvalue weighted by atomic mass is 32.1. The summed E-state index contributed by atoms with van der Waals surface area (Å²) >= 11 is 1.66. The van der Waals surface area contributed by atoms with Gasteiger partial charge in [0.15, 0.2) is 5.78 Å².